The summed E-state index contributed by atoms with van der Waals surface area (Å²) in [6.45, 7) is 1.76. The Morgan fingerprint density at radius 1 is 1.04 bits per heavy atom. The SMILES string of the molecule is Cn1cc(S(=O)(=O)N2CCCC2)cc1C(=O)N1CCCc2ccccc21. The van der Waals surface area contributed by atoms with Crippen LogP contribution in [0.2, 0.25) is 0 Å². The largest absolute Gasteiger partial charge is 0.345 e. The first kappa shape index (κ1) is 17.3. The van der Waals surface area contributed by atoms with E-state index >= 15 is 0 Å². The number of nitrogens with zero attached hydrogens (tertiary/aromatic N) is 3. The van der Waals surface area contributed by atoms with Gasteiger partial charge in [0.15, 0.2) is 0 Å². The molecule has 26 heavy (non-hydrogen) atoms. The van der Waals surface area contributed by atoms with Crippen molar-refractivity contribution < 1.29 is 13.2 Å². The molecule has 1 saturated heterocycles. The van der Waals surface area contributed by atoms with E-state index in [0.29, 0.717) is 25.3 Å². The first-order chi connectivity index (χ1) is 12.5. The van der Waals surface area contributed by atoms with Crippen molar-refractivity contribution in [2.75, 3.05) is 24.5 Å². The second-order valence-electron chi connectivity index (χ2n) is 6.97. The molecule has 0 saturated carbocycles. The molecule has 3 heterocycles. The number of sulfonamides is 1. The highest BCUT2D eigenvalue weighted by Gasteiger charge is 2.31. The highest BCUT2D eigenvalue weighted by atomic mass is 32.2. The number of amides is 1. The van der Waals surface area contributed by atoms with Crippen molar-refractivity contribution in [1.29, 1.82) is 0 Å². The molecular formula is C19H23N3O3S. The number of aryl methyl sites for hydroxylation is 2. The molecule has 4 rings (SSSR count). The van der Waals surface area contributed by atoms with Crippen LogP contribution in [0.3, 0.4) is 0 Å². The Labute approximate surface area is 154 Å². The van der Waals surface area contributed by atoms with E-state index in [1.165, 1.54) is 10.4 Å². The molecule has 0 spiro atoms. The van der Waals surface area contributed by atoms with Crippen LogP contribution in [0.5, 0.6) is 0 Å². The van der Waals surface area contributed by atoms with Gasteiger partial charge in [-0.25, -0.2) is 8.42 Å². The molecule has 1 aromatic heterocycles. The van der Waals surface area contributed by atoms with E-state index in [1.807, 2.05) is 24.3 Å². The maximum absolute atomic E-state index is 13.1. The first-order valence-corrected chi connectivity index (χ1v) is 10.5. The van der Waals surface area contributed by atoms with Gasteiger partial charge in [0.1, 0.15) is 10.6 Å². The van der Waals surface area contributed by atoms with Gasteiger partial charge in [-0.2, -0.15) is 4.31 Å². The van der Waals surface area contributed by atoms with E-state index in [0.717, 1.165) is 36.9 Å². The Kier molecular flexibility index (Phi) is 4.36. The van der Waals surface area contributed by atoms with Gasteiger partial charge in [-0.1, -0.05) is 18.2 Å². The van der Waals surface area contributed by atoms with Crippen molar-refractivity contribution in [3.05, 3.63) is 47.8 Å². The minimum Gasteiger partial charge on any atom is -0.345 e. The lowest BCUT2D eigenvalue weighted by atomic mass is 10.0. The number of para-hydroxylation sites is 1. The van der Waals surface area contributed by atoms with Crippen LogP contribution >= 0.6 is 0 Å². The zero-order chi connectivity index (χ0) is 18.3. The summed E-state index contributed by atoms with van der Waals surface area (Å²) in [6, 6.07) is 9.43. The normalized spacial score (nSPS) is 18.1. The quantitative estimate of drug-likeness (QED) is 0.830. The van der Waals surface area contributed by atoms with Gasteiger partial charge in [-0.05, 0) is 43.4 Å². The van der Waals surface area contributed by atoms with E-state index in [4.69, 9.17) is 0 Å². The highest BCUT2D eigenvalue weighted by Crippen LogP contribution is 2.29. The molecule has 1 fully saturated rings. The fourth-order valence-electron chi connectivity index (χ4n) is 3.85. The lowest BCUT2D eigenvalue weighted by Gasteiger charge is -2.29. The number of carbonyl (C=O) groups is 1. The molecule has 1 aromatic carbocycles. The molecule has 0 unspecified atom stereocenters. The van der Waals surface area contributed by atoms with Crippen LogP contribution in [0, 0.1) is 0 Å². The van der Waals surface area contributed by atoms with Crippen molar-refractivity contribution in [2.24, 2.45) is 7.05 Å². The van der Waals surface area contributed by atoms with E-state index in [9.17, 15) is 13.2 Å². The molecule has 0 bridgehead atoms. The minimum atomic E-state index is -3.52. The first-order valence-electron chi connectivity index (χ1n) is 9.05. The number of carbonyl (C=O) groups excluding carboxylic acids is 1. The van der Waals surface area contributed by atoms with E-state index in [-0.39, 0.29) is 10.8 Å². The molecule has 0 radical (unpaired) electrons. The summed E-state index contributed by atoms with van der Waals surface area (Å²) in [5.41, 5.74) is 2.49. The smallest absolute Gasteiger partial charge is 0.274 e. The Balaban J connectivity index is 1.67. The average molecular weight is 373 g/mol. The molecule has 2 aromatic rings. The number of anilines is 1. The molecule has 138 valence electrons. The van der Waals surface area contributed by atoms with Crippen LogP contribution in [0.4, 0.5) is 5.69 Å². The van der Waals surface area contributed by atoms with Crippen molar-refractivity contribution in [3.63, 3.8) is 0 Å². The maximum atomic E-state index is 13.1. The van der Waals surface area contributed by atoms with Gasteiger partial charge >= 0.3 is 0 Å². The van der Waals surface area contributed by atoms with Crippen molar-refractivity contribution >= 4 is 21.6 Å². The summed E-state index contributed by atoms with van der Waals surface area (Å²) in [5, 5.41) is 0. The number of benzene rings is 1. The van der Waals surface area contributed by atoms with Crippen LogP contribution in [0.1, 0.15) is 35.3 Å². The standard InChI is InChI=1S/C19H23N3O3S/c1-20-14-16(26(24,25)21-10-4-5-11-21)13-18(20)19(23)22-12-6-8-15-7-2-3-9-17(15)22/h2-3,7,9,13-14H,4-6,8,10-12H2,1H3. The summed E-state index contributed by atoms with van der Waals surface area (Å²) >= 11 is 0. The predicted octanol–water partition coefficient (Wildman–Crippen LogP) is 2.40. The van der Waals surface area contributed by atoms with Crippen LogP contribution in [-0.2, 0) is 23.5 Å². The molecule has 0 atom stereocenters. The van der Waals surface area contributed by atoms with Crippen LogP contribution in [-0.4, -0.2) is 42.8 Å². The molecular weight excluding hydrogens is 350 g/mol. The minimum absolute atomic E-state index is 0.150. The van der Waals surface area contributed by atoms with Crippen LogP contribution in [0.15, 0.2) is 41.4 Å². The zero-order valence-electron chi connectivity index (χ0n) is 14.9. The van der Waals surface area contributed by atoms with Gasteiger partial charge in [-0.3, -0.25) is 4.79 Å². The molecule has 2 aliphatic heterocycles. The third kappa shape index (κ3) is 2.85. The maximum Gasteiger partial charge on any atom is 0.274 e. The molecule has 2 aliphatic rings. The van der Waals surface area contributed by atoms with Gasteiger partial charge < -0.3 is 9.47 Å². The fraction of sp³-hybridized carbons (Fsp3) is 0.421. The Hall–Kier alpha value is -2.12. The summed E-state index contributed by atoms with van der Waals surface area (Å²) < 4.78 is 28.7. The molecule has 1 amide bonds. The highest BCUT2D eigenvalue weighted by molar-refractivity contribution is 7.89. The summed E-state index contributed by atoms with van der Waals surface area (Å²) in [7, 11) is -1.80. The molecule has 0 aliphatic carbocycles. The van der Waals surface area contributed by atoms with Crippen LogP contribution < -0.4 is 4.90 Å². The van der Waals surface area contributed by atoms with Gasteiger partial charge in [0, 0.05) is 38.6 Å². The monoisotopic (exact) mass is 373 g/mol. The van der Waals surface area contributed by atoms with Crippen molar-refractivity contribution in [1.82, 2.24) is 8.87 Å². The van der Waals surface area contributed by atoms with Gasteiger partial charge in [-0.15, -0.1) is 0 Å². The second kappa shape index (κ2) is 6.55. The van der Waals surface area contributed by atoms with E-state index in [2.05, 4.69) is 0 Å². The number of aromatic nitrogens is 1. The Morgan fingerprint density at radius 3 is 2.54 bits per heavy atom. The zero-order valence-corrected chi connectivity index (χ0v) is 15.7. The lowest BCUT2D eigenvalue weighted by Crippen LogP contribution is -2.36. The number of rotatable bonds is 3. The number of hydrogen-bond acceptors (Lipinski definition) is 3. The topological polar surface area (TPSA) is 62.6 Å². The number of hydrogen-bond donors (Lipinski definition) is 0. The summed E-state index contributed by atoms with van der Waals surface area (Å²) in [4.78, 5) is 15.1. The summed E-state index contributed by atoms with van der Waals surface area (Å²) in [5.74, 6) is -0.150. The molecule has 6 nitrogen and oxygen atoms in total. The fourth-order valence-corrected chi connectivity index (χ4v) is 5.44. The Bertz CT molecular complexity index is 943. The third-order valence-corrected chi connectivity index (χ3v) is 7.12. The van der Waals surface area contributed by atoms with Gasteiger partial charge in [0.2, 0.25) is 10.0 Å². The average Bonchev–Trinajstić information content (AvgIpc) is 3.31. The number of fused-ring (bicyclic) bond motifs is 1. The van der Waals surface area contributed by atoms with E-state index < -0.39 is 10.0 Å². The van der Waals surface area contributed by atoms with Gasteiger partial charge in [0.25, 0.3) is 5.91 Å². The molecule has 0 N–H and O–H groups in total. The third-order valence-electron chi connectivity index (χ3n) is 5.26. The Morgan fingerprint density at radius 2 is 1.77 bits per heavy atom. The van der Waals surface area contributed by atoms with Crippen molar-refractivity contribution in [2.45, 2.75) is 30.6 Å². The predicted molar refractivity (Wildman–Crippen MR) is 99.8 cm³/mol. The molecule has 7 heteroatoms. The van der Waals surface area contributed by atoms with Crippen molar-refractivity contribution in [3.8, 4) is 0 Å². The van der Waals surface area contributed by atoms with E-state index in [1.54, 1.807) is 22.7 Å². The van der Waals surface area contributed by atoms with Gasteiger partial charge in [0.05, 0.1) is 0 Å². The summed E-state index contributed by atoms with van der Waals surface area (Å²) in [6.07, 6.45) is 5.20. The second-order valence-corrected chi connectivity index (χ2v) is 8.91. The van der Waals surface area contributed by atoms with Crippen LogP contribution in [0.25, 0.3) is 0 Å². The lowest BCUT2D eigenvalue weighted by molar-refractivity contribution is 0.0977.